The van der Waals surface area contributed by atoms with Crippen LogP contribution in [0.4, 0.5) is 0 Å². The molecule has 0 spiro atoms. The first kappa shape index (κ1) is 14.1. The van der Waals surface area contributed by atoms with E-state index in [0.29, 0.717) is 12.2 Å². The lowest BCUT2D eigenvalue weighted by Crippen LogP contribution is -2.24. The van der Waals surface area contributed by atoms with Crippen LogP contribution in [-0.4, -0.2) is 27.1 Å². The fourth-order valence-electron chi connectivity index (χ4n) is 1.35. The van der Waals surface area contributed by atoms with Gasteiger partial charge in [0.05, 0.1) is 17.1 Å². The maximum absolute atomic E-state index is 11.5. The molecule has 17 heavy (non-hydrogen) atoms. The van der Waals surface area contributed by atoms with Gasteiger partial charge in [-0.25, -0.2) is 0 Å². The summed E-state index contributed by atoms with van der Waals surface area (Å²) in [4.78, 5) is 11.5. The number of nitrogens with zero attached hydrogens (tertiary/aromatic N) is 2. The summed E-state index contributed by atoms with van der Waals surface area (Å²) in [5.41, 5.74) is 0.595. The number of hydrogen-bond acceptors (Lipinski definition) is 4. The second-order valence-corrected chi connectivity index (χ2v) is 6.05. The van der Waals surface area contributed by atoms with Gasteiger partial charge < -0.3 is 4.74 Å². The third kappa shape index (κ3) is 5.26. The summed E-state index contributed by atoms with van der Waals surface area (Å²) in [6.45, 7) is 7.59. The number of rotatable bonds is 4. The Hall–Kier alpha value is -0.970. The van der Waals surface area contributed by atoms with E-state index in [2.05, 4.69) is 5.10 Å². The monoisotopic (exact) mass is 256 g/mol. The molecule has 5 heteroatoms. The molecule has 1 aromatic heterocycles. The van der Waals surface area contributed by atoms with E-state index >= 15 is 0 Å². The molecule has 0 saturated carbocycles. The topological polar surface area (TPSA) is 44.1 Å². The van der Waals surface area contributed by atoms with Crippen LogP contribution in [0, 0.1) is 6.92 Å². The number of carbonyl (C=O) groups is 1. The predicted molar refractivity (Wildman–Crippen MR) is 69.1 cm³/mol. The van der Waals surface area contributed by atoms with Gasteiger partial charge >= 0.3 is 5.97 Å². The van der Waals surface area contributed by atoms with Crippen molar-refractivity contribution in [2.75, 3.05) is 5.75 Å². The Bertz CT molecular complexity index is 394. The zero-order valence-electron chi connectivity index (χ0n) is 11.1. The average Bonchev–Trinajstić information content (AvgIpc) is 2.42. The van der Waals surface area contributed by atoms with E-state index in [-0.39, 0.29) is 5.97 Å². The molecule has 0 saturated heterocycles. The molecule has 0 fully saturated rings. The van der Waals surface area contributed by atoms with Crippen LogP contribution in [0.3, 0.4) is 0 Å². The number of aromatic nitrogens is 2. The van der Waals surface area contributed by atoms with Crippen molar-refractivity contribution in [2.24, 2.45) is 7.05 Å². The second-order valence-electron chi connectivity index (χ2n) is 4.93. The molecule has 0 aliphatic carbocycles. The number of hydrogen-bond donors (Lipinski definition) is 0. The van der Waals surface area contributed by atoms with Crippen molar-refractivity contribution in [2.45, 2.75) is 44.7 Å². The largest absolute Gasteiger partial charge is 0.460 e. The van der Waals surface area contributed by atoms with Crippen molar-refractivity contribution in [3.8, 4) is 0 Å². The number of esters is 1. The van der Waals surface area contributed by atoms with Crippen LogP contribution >= 0.6 is 11.8 Å². The lowest BCUT2D eigenvalue weighted by Gasteiger charge is -2.19. The van der Waals surface area contributed by atoms with Gasteiger partial charge in [0.1, 0.15) is 5.60 Å². The maximum atomic E-state index is 11.5. The molecule has 0 unspecified atom stereocenters. The number of aryl methyl sites for hydroxylation is 2. The van der Waals surface area contributed by atoms with E-state index in [1.165, 1.54) is 0 Å². The van der Waals surface area contributed by atoms with Gasteiger partial charge in [-0.3, -0.25) is 9.48 Å². The maximum Gasteiger partial charge on any atom is 0.307 e. The van der Waals surface area contributed by atoms with Crippen molar-refractivity contribution in [3.63, 3.8) is 0 Å². The van der Waals surface area contributed by atoms with Crippen LogP contribution in [0.2, 0.25) is 0 Å². The van der Waals surface area contributed by atoms with Gasteiger partial charge in [-0.2, -0.15) is 5.10 Å². The summed E-state index contributed by atoms with van der Waals surface area (Å²) >= 11 is 1.62. The van der Waals surface area contributed by atoms with Crippen molar-refractivity contribution < 1.29 is 9.53 Å². The minimum absolute atomic E-state index is 0.149. The summed E-state index contributed by atoms with van der Waals surface area (Å²) in [5.74, 6) is 0.567. The molecule has 96 valence electrons. The summed E-state index contributed by atoms with van der Waals surface area (Å²) in [5, 5.41) is 5.32. The molecule has 0 aliphatic heterocycles. The molecule has 0 radical (unpaired) electrons. The zero-order chi connectivity index (χ0) is 13.1. The van der Waals surface area contributed by atoms with Crippen molar-refractivity contribution in [3.05, 3.63) is 11.8 Å². The summed E-state index contributed by atoms with van der Waals surface area (Å²) in [7, 11) is 1.91. The van der Waals surface area contributed by atoms with Crippen LogP contribution < -0.4 is 0 Å². The van der Waals surface area contributed by atoms with Crippen molar-refractivity contribution >= 4 is 17.7 Å². The lowest BCUT2D eigenvalue weighted by atomic mass is 10.2. The molecule has 1 heterocycles. The minimum atomic E-state index is -0.398. The zero-order valence-corrected chi connectivity index (χ0v) is 11.9. The predicted octanol–water partition coefficient (Wildman–Crippen LogP) is 2.55. The lowest BCUT2D eigenvalue weighted by molar-refractivity contribution is -0.154. The third-order valence-electron chi connectivity index (χ3n) is 1.94. The molecule has 1 aromatic rings. The number of thioether (sulfide) groups is 1. The van der Waals surface area contributed by atoms with E-state index in [1.54, 1.807) is 11.8 Å². The normalized spacial score (nSPS) is 11.6. The van der Waals surface area contributed by atoms with Crippen LogP contribution in [0.15, 0.2) is 11.1 Å². The van der Waals surface area contributed by atoms with E-state index in [0.717, 1.165) is 10.7 Å². The first-order valence-electron chi connectivity index (χ1n) is 5.63. The fourth-order valence-corrected chi connectivity index (χ4v) is 2.31. The van der Waals surface area contributed by atoms with Crippen LogP contribution in [0.1, 0.15) is 32.9 Å². The van der Waals surface area contributed by atoms with Gasteiger partial charge in [-0.15, -0.1) is 11.8 Å². The van der Waals surface area contributed by atoms with Gasteiger partial charge in [-0.1, -0.05) is 0 Å². The van der Waals surface area contributed by atoms with E-state index < -0.39 is 5.60 Å². The Morgan fingerprint density at radius 1 is 1.53 bits per heavy atom. The smallest absolute Gasteiger partial charge is 0.307 e. The Labute approximate surface area is 107 Å². The Morgan fingerprint density at radius 2 is 2.18 bits per heavy atom. The van der Waals surface area contributed by atoms with Crippen molar-refractivity contribution in [1.29, 1.82) is 0 Å². The molecule has 0 N–H and O–H groups in total. The highest BCUT2D eigenvalue weighted by Gasteiger charge is 2.16. The second kappa shape index (κ2) is 5.58. The minimum Gasteiger partial charge on any atom is -0.460 e. The molecule has 4 nitrogen and oxygen atoms in total. The van der Waals surface area contributed by atoms with E-state index in [1.807, 2.05) is 45.5 Å². The van der Waals surface area contributed by atoms with Crippen LogP contribution in [-0.2, 0) is 16.6 Å². The summed E-state index contributed by atoms with van der Waals surface area (Å²) in [6, 6.07) is 2.01. The van der Waals surface area contributed by atoms with Crippen molar-refractivity contribution in [1.82, 2.24) is 9.78 Å². The highest BCUT2D eigenvalue weighted by atomic mass is 32.2. The quantitative estimate of drug-likeness (QED) is 0.613. The Kier molecular flexibility index (Phi) is 4.62. The van der Waals surface area contributed by atoms with Gasteiger partial charge in [0.15, 0.2) is 0 Å². The summed E-state index contributed by atoms with van der Waals surface area (Å²) in [6.07, 6.45) is 0.423. The SMILES string of the molecule is Cc1cc(SCCC(=O)OC(C)(C)C)n(C)n1. The first-order chi connectivity index (χ1) is 7.78. The molecular weight excluding hydrogens is 236 g/mol. The van der Waals surface area contributed by atoms with E-state index in [4.69, 9.17) is 4.74 Å². The summed E-state index contributed by atoms with van der Waals surface area (Å²) < 4.78 is 7.06. The number of ether oxygens (including phenoxy) is 1. The molecule has 0 aromatic carbocycles. The Balaban J connectivity index is 2.33. The molecule has 0 atom stereocenters. The van der Waals surface area contributed by atoms with Gasteiger partial charge in [-0.05, 0) is 33.8 Å². The molecule has 1 rings (SSSR count). The standard InChI is InChI=1S/C12H20N2O2S/c1-9-8-10(14(5)13-9)17-7-6-11(15)16-12(2,3)4/h8H,6-7H2,1-5H3. The first-order valence-corrected chi connectivity index (χ1v) is 6.62. The molecule has 0 amide bonds. The van der Waals surface area contributed by atoms with Gasteiger partial charge in [0.2, 0.25) is 0 Å². The highest BCUT2D eigenvalue weighted by molar-refractivity contribution is 7.99. The average molecular weight is 256 g/mol. The third-order valence-corrected chi connectivity index (χ3v) is 3.02. The van der Waals surface area contributed by atoms with Gasteiger partial charge in [0, 0.05) is 12.8 Å². The van der Waals surface area contributed by atoms with Gasteiger partial charge in [0.25, 0.3) is 0 Å². The van der Waals surface area contributed by atoms with Crippen LogP contribution in [0.25, 0.3) is 0 Å². The number of carbonyl (C=O) groups excluding carboxylic acids is 1. The molecular formula is C12H20N2O2S. The highest BCUT2D eigenvalue weighted by Crippen LogP contribution is 2.19. The van der Waals surface area contributed by atoms with Crippen LogP contribution in [0.5, 0.6) is 0 Å². The Morgan fingerprint density at radius 3 is 2.65 bits per heavy atom. The fraction of sp³-hybridized carbons (Fsp3) is 0.667. The molecule has 0 bridgehead atoms. The van der Waals surface area contributed by atoms with E-state index in [9.17, 15) is 4.79 Å². The molecule has 0 aliphatic rings.